The summed E-state index contributed by atoms with van der Waals surface area (Å²) in [5.74, 6) is -1.19. The molecule has 0 atom stereocenters. The third-order valence-electron chi connectivity index (χ3n) is 2.92. The molecule has 1 aromatic rings. The molecule has 0 fully saturated rings. The molecule has 0 bridgehead atoms. The van der Waals surface area contributed by atoms with Crippen LogP contribution in [0, 0.1) is 0 Å². The number of nitrogens with one attached hydrogen (secondary N) is 2. The van der Waals surface area contributed by atoms with Gasteiger partial charge in [0.15, 0.2) is 0 Å². The molecule has 0 aromatic heterocycles. The third kappa shape index (κ3) is 6.01. The molecule has 0 aliphatic carbocycles. The zero-order valence-electron chi connectivity index (χ0n) is 13.0. The molecule has 0 spiro atoms. The average molecular weight is 342 g/mol. The molecular weight excluding hydrogens is 320 g/mol. The number of anilines is 1. The van der Waals surface area contributed by atoms with E-state index in [0.29, 0.717) is 31.9 Å². The van der Waals surface area contributed by atoms with Crippen molar-refractivity contribution in [3.63, 3.8) is 0 Å². The Morgan fingerprint density at radius 2 is 2.17 bits per heavy atom. The van der Waals surface area contributed by atoms with Crippen LogP contribution in [0.1, 0.15) is 23.7 Å². The fourth-order valence-electron chi connectivity index (χ4n) is 1.81. The molecule has 0 saturated heterocycles. The Morgan fingerprint density at radius 1 is 1.43 bits per heavy atom. The number of hydrogen-bond donors (Lipinski definition) is 3. The summed E-state index contributed by atoms with van der Waals surface area (Å²) in [7, 11) is -3.83. The lowest BCUT2D eigenvalue weighted by Gasteiger charge is -2.13. The van der Waals surface area contributed by atoms with Crippen molar-refractivity contribution in [3.05, 3.63) is 36.4 Å². The fourth-order valence-corrected chi connectivity index (χ4v) is 3.09. The van der Waals surface area contributed by atoms with Crippen molar-refractivity contribution < 1.29 is 23.1 Å². The molecule has 7 nitrogen and oxygen atoms in total. The molecule has 0 heterocycles. The van der Waals surface area contributed by atoms with Gasteiger partial charge in [0, 0.05) is 26.3 Å². The minimum Gasteiger partial charge on any atom is -0.478 e. The van der Waals surface area contributed by atoms with Crippen molar-refractivity contribution in [1.82, 2.24) is 4.72 Å². The molecular formula is C15H22N2O5S. The summed E-state index contributed by atoms with van der Waals surface area (Å²) in [5, 5.41) is 11.9. The zero-order valence-corrected chi connectivity index (χ0v) is 13.9. The van der Waals surface area contributed by atoms with Gasteiger partial charge in [0.05, 0.1) is 11.3 Å². The zero-order chi connectivity index (χ0) is 17.3. The third-order valence-corrected chi connectivity index (χ3v) is 4.42. The van der Waals surface area contributed by atoms with Gasteiger partial charge in [-0.2, -0.15) is 0 Å². The quantitative estimate of drug-likeness (QED) is 0.417. The van der Waals surface area contributed by atoms with E-state index in [2.05, 4.69) is 16.6 Å². The summed E-state index contributed by atoms with van der Waals surface area (Å²) in [6.45, 7) is 7.01. The summed E-state index contributed by atoms with van der Waals surface area (Å²) < 4.78 is 32.4. The van der Waals surface area contributed by atoms with Gasteiger partial charge in [0.25, 0.3) is 0 Å². The summed E-state index contributed by atoms with van der Waals surface area (Å²) >= 11 is 0. The van der Waals surface area contributed by atoms with Crippen molar-refractivity contribution in [2.45, 2.75) is 18.2 Å². The van der Waals surface area contributed by atoms with E-state index in [1.807, 2.05) is 6.92 Å². The molecule has 1 rings (SSSR count). The van der Waals surface area contributed by atoms with Crippen LogP contribution in [0.2, 0.25) is 0 Å². The van der Waals surface area contributed by atoms with Crippen LogP contribution in [0.4, 0.5) is 5.69 Å². The van der Waals surface area contributed by atoms with Crippen molar-refractivity contribution in [1.29, 1.82) is 0 Å². The molecule has 128 valence electrons. The molecule has 0 aliphatic heterocycles. The van der Waals surface area contributed by atoms with Gasteiger partial charge in [-0.1, -0.05) is 6.08 Å². The van der Waals surface area contributed by atoms with Crippen molar-refractivity contribution >= 4 is 21.7 Å². The highest BCUT2D eigenvalue weighted by atomic mass is 32.2. The average Bonchev–Trinajstić information content (AvgIpc) is 2.52. The Morgan fingerprint density at radius 3 is 2.78 bits per heavy atom. The largest absolute Gasteiger partial charge is 0.478 e. The molecule has 23 heavy (non-hydrogen) atoms. The highest BCUT2D eigenvalue weighted by Gasteiger charge is 2.20. The van der Waals surface area contributed by atoms with E-state index < -0.39 is 16.0 Å². The maximum absolute atomic E-state index is 12.4. The monoisotopic (exact) mass is 342 g/mol. The first-order valence-corrected chi connectivity index (χ1v) is 8.70. The Bertz CT molecular complexity index is 643. The van der Waals surface area contributed by atoms with Crippen LogP contribution >= 0.6 is 0 Å². The second-order valence-electron chi connectivity index (χ2n) is 4.63. The maximum atomic E-state index is 12.4. The number of hydrogen-bond acceptors (Lipinski definition) is 5. The van der Waals surface area contributed by atoms with Gasteiger partial charge in [0.2, 0.25) is 10.0 Å². The number of rotatable bonds is 11. The second-order valence-corrected chi connectivity index (χ2v) is 6.37. The number of carbonyl (C=O) groups is 1. The lowest BCUT2D eigenvalue weighted by Crippen LogP contribution is -2.26. The van der Waals surface area contributed by atoms with E-state index in [9.17, 15) is 13.2 Å². The van der Waals surface area contributed by atoms with Crippen molar-refractivity contribution in [2.75, 3.05) is 31.6 Å². The predicted octanol–water partition coefficient (Wildman–Crippen LogP) is 1.69. The number of ether oxygens (including phenoxy) is 1. The number of carboxylic acid groups (broad SMARTS) is 1. The normalized spacial score (nSPS) is 11.2. The van der Waals surface area contributed by atoms with Gasteiger partial charge in [-0.25, -0.2) is 17.9 Å². The fraction of sp³-hybridized carbons (Fsp3) is 0.400. The van der Waals surface area contributed by atoms with E-state index in [1.54, 1.807) is 6.08 Å². The Kier molecular flexibility index (Phi) is 7.73. The van der Waals surface area contributed by atoms with Crippen molar-refractivity contribution in [3.8, 4) is 0 Å². The lowest BCUT2D eigenvalue weighted by molar-refractivity contribution is 0.0696. The predicted molar refractivity (Wildman–Crippen MR) is 88.4 cm³/mol. The van der Waals surface area contributed by atoms with E-state index in [-0.39, 0.29) is 17.0 Å². The van der Waals surface area contributed by atoms with Crippen LogP contribution in [0.15, 0.2) is 35.7 Å². The molecule has 0 amide bonds. The number of benzene rings is 1. The first-order chi connectivity index (χ1) is 10.9. The van der Waals surface area contributed by atoms with Gasteiger partial charge >= 0.3 is 5.97 Å². The van der Waals surface area contributed by atoms with Crippen LogP contribution in [-0.4, -0.2) is 45.8 Å². The summed E-state index contributed by atoms with van der Waals surface area (Å²) in [6, 6.07) is 3.92. The van der Waals surface area contributed by atoms with E-state index in [4.69, 9.17) is 9.84 Å². The smallest absolute Gasteiger partial charge is 0.335 e. The Balaban J connectivity index is 2.97. The molecule has 1 aromatic carbocycles. The van der Waals surface area contributed by atoms with Crippen LogP contribution in [0.3, 0.4) is 0 Å². The van der Waals surface area contributed by atoms with Crippen molar-refractivity contribution in [2.24, 2.45) is 0 Å². The first-order valence-electron chi connectivity index (χ1n) is 7.22. The maximum Gasteiger partial charge on any atom is 0.335 e. The van der Waals surface area contributed by atoms with Crippen LogP contribution in [0.5, 0.6) is 0 Å². The molecule has 0 unspecified atom stereocenters. The standard InChI is InChI=1S/C15H22N2O5S/c1-3-8-16-13-7-6-12(15(18)19)11-14(13)23(20,21)17-9-5-10-22-4-2/h3,6-7,11,16-17H,1,4-5,8-10H2,2H3,(H,18,19). The van der Waals surface area contributed by atoms with Gasteiger partial charge in [-0.3, -0.25) is 0 Å². The molecule has 0 radical (unpaired) electrons. The van der Waals surface area contributed by atoms with E-state index in [0.717, 1.165) is 6.07 Å². The van der Waals surface area contributed by atoms with Gasteiger partial charge < -0.3 is 15.2 Å². The first kappa shape index (κ1) is 19.1. The second kappa shape index (κ2) is 9.29. The minimum atomic E-state index is -3.83. The van der Waals surface area contributed by atoms with E-state index >= 15 is 0 Å². The molecule has 3 N–H and O–H groups in total. The van der Waals surface area contributed by atoms with Crippen LogP contribution < -0.4 is 10.0 Å². The summed E-state index contributed by atoms with van der Waals surface area (Å²) in [5.41, 5.74) is 0.232. The summed E-state index contributed by atoms with van der Waals surface area (Å²) in [4.78, 5) is 11.0. The topological polar surface area (TPSA) is 105 Å². The lowest BCUT2D eigenvalue weighted by atomic mass is 10.2. The summed E-state index contributed by atoms with van der Waals surface area (Å²) in [6.07, 6.45) is 2.11. The Hall–Kier alpha value is -1.90. The van der Waals surface area contributed by atoms with Gasteiger partial charge in [-0.05, 0) is 31.5 Å². The number of carboxylic acids is 1. The molecule has 0 aliphatic rings. The SMILES string of the molecule is C=CCNc1ccc(C(=O)O)cc1S(=O)(=O)NCCCOCC. The minimum absolute atomic E-state index is 0.0937. The van der Waals surface area contributed by atoms with E-state index in [1.165, 1.54) is 12.1 Å². The highest BCUT2D eigenvalue weighted by molar-refractivity contribution is 7.89. The molecule has 8 heteroatoms. The number of sulfonamides is 1. The van der Waals surface area contributed by atoms with Gasteiger partial charge in [-0.15, -0.1) is 6.58 Å². The number of aromatic carboxylic acids is 1. The van der Waals surface area contributed by atoms with Crippen LogP contribution in [0.25, 0.3) is 0 Å². The van der Waals surface area contributed by atoms with Gasteiger partial charge in [0.1, 0.15) is 4.90 Å². The highest BCUT2D eigenvalue weighted by Crippen LogP contribution is 2.23. The Labute approximate surface area is 136 Å². The van der Waals surface area contributed by atoms with Crippen LogP contribution in [-0.2, 0) is 14.8 Å². The molecule has 0 saturated carbocycles.